The number of methoxy groups -OCH3 is 1. The van der Waals surface area contributed by atoms with Crippen LogP contribution in [-0.4, -0.2) is 18.8 Å². The third-order valence-electron chi connectivity index (χ3n) is 2.17. The third-order valence-corrected chi connectivity index (χ3v) is 2.83. The summed E-state index contributed by atoms with van der Waals surface area (Å²) < 4.78 is 5.98. The monoisotopic (exact) mass is 259 g/mol. The predicted molar refractivity (Wildman–Crippen MR) is 59.3 cm³/mol. The van der Waals surface area contributed by atoms with Gasteiger partial charge in [0.15, 0.2) is 0 Å². The predicted octanol–water partition coefficient (Wildman–Crippen LogP) is 1.62. The SMILES string of the molecule is COc1cc(C(C)(O)CN)ccc1Br. The number of hydrogen-bond donors (Lipinski definition) is 2. The maximum atomic E-state index is 9.91. The van der Waals surface area contributed by atoms with Gasteiger partial charge in [0.25, 0.3) is 0 Å². The number of halogens is 1. The molecule has 0 aliphatic heterocycles. The second-order valence-electron chi connectivity index (χ2n) is 3.33. The van der Waals surface area contributed by atoms with E-state index in [-0.39, 0.29) is 6.54 Å². The number of nitrogens with two attached hydrogens (primary N) is 1. The number of rotatable bonds is 3. The summed E-state index contributed by atoms with van der Waals surface area (Å²) in [5.41, 5.74) is 5.21. The molecule has 1 aromatic carbocycles. The molecular formula is C10H14BrNO2. The van der Waals surface area contributed by atoms with Gasteiger partial charge in [-0.25, -0.2) is 0 Å². The molecular weight excluding hydrogens is 246 g/mol. The minimum atomic E-state index is -1.01. The topological polar surface area (TPSA) is 55.5 Å². The van der Waals surface area contributed by atoms with Gasteiger partial charge < -0.3 is 15.6 Å². The summed E-state index contributed by atoms with van der Waals surface area (Å²) in [6.07, 6.45) is 0. The highest BCUT2D eigenvalue weighted by molar-refractivity contribution is 9.10. The largest absolute Gasteiger partial charge is 0.496 e. The molecule has 0 aliphatic rings. The molecule has 0 bridgehead atoms. The highest BCUT2D eigenvalue weighted by atomic mass is 79.9. The lowest BCUT2D eigenvalue weighted by molar-refractivity contribution is 0.0666. The van der Waals surface area contributed by atoms with Crippen LogP contribution in [0.4, 0.5) is 0 Å². The first-order valence-corrected chi connectivity index (χ1v) is 5.07. The zero-order valence-corrected chi connectivity index (χ0v) is 9.84. The van der Waals surface area contributed by atoms with E-state index in [1.54, 1.807) is 20.1 Å². The average Bonchev–Trinajstić information content (AvgIpc) is 2.18. The van der Waals surface area contributed by atoms with Gasteiger partial charge in [-0.2, -0.15) is 0 Å². The van der Waals surface area contributed by atoms with E-state index >= 15 is 0 Å². The van der Waals surface area contributed by atoms with Crippen LogP contribution in [0.1, 0.15) is 12.5 Å². The van der Waals surface area contributed by atoms with E-state index in [4.69, 9.17) is 10.5 Å². The Morgan fingerprint density at radius 3 is 2.71 bits per heavy atom. The van der Waals surface area contributed by atoms with E-state index in [2.05, 4.69) is 15.9 Å². The van der Waals surface area contributed by atoms with E-state index in [1.807, 2.05) is 12.1 Å². The lowest BCUT2D eigenvalue weighted by Gasteiger charge is -2.22. The van der Waals surface area contributed by atoms with Crippen molar-refractivity contribution in [1.82, 2.24) is 0 Å². The Balaban J connectivity index is 3.12. The van der Waals surface area contributed by atoms with Gasteiger partial charge in [-0.05, 0) is 40.5 Å². The Hall–Kier alpha value is -0.580. The van der Waals surface area contributed by atoms with Gasteiger partial charge in [-0.3, -0.25) is 0 Å². The molecule has 0 fully saturated rings. The van der Waals surface area contributed by atoms with Crippen LogP contribution >= 0.6 is 15.9 Å². The van der Waals surface area contributed by atoms with Gasteiger partial charge in [0.1, 0.15) is 5.75 Å². The van der Waals surface area contributed by atoms with Crippen LogP contribution in [0.2, 0.25) is 0 Å². The fourth-order valence-corrected chi connectivity index (χ4v) is 1.52. The Kier molecular flexibility index (Phi) is 3.53. The van der Waals surface area contributed by atoms with Crippen LogP contribution in [0.25, 0.3) is 0 Å². The van der Waals surface area contributed by atoms with Crippen molar-refractivity contribution in [3.05, 3.63) is 28.2 Å². The van der Waals surface area contributed by atoms with E-state index < -0.39 is 5.60 Å². The number of benzene rings is 1. The van der Waals surface area contributed by atoms with Crippen molar-refractivity contribution >= 4 is 15.9 Å². The van der Waals surface area contributed by atoms with Crippen molar-refractivity contribution in [2.75, 3.05) is 13.7 Å². The quantitative estimate of drug-likeness (QED) is 0.868. The van der Waals surface area contributed by atoms with E-state index in [0.29, 0.717) is 5.75 Å². The van der Waals surface area contributed by atoms with Gasteiger partial charge in [-0.1, -0.05) is 6.07 Å². The van der Waals surface area contributed by atoms with E-state index in [9.17, 15) is 5.11 Å². The third kappa shape index (κ3) is 2.26. The number of ether oxygens (including phenoxy) is 1. The van der Waals surface area contributed by atoms with Crippen LogP contribution in [0.5, 0.6) is 5.75 Å². The van der Waals surface area contributed by atoms with Crippen LogP contribution in [0.3, 0.4) is 0 Å². The highest BCUT2D eigenvalue weighted by Gasteiger charge is 2.21. The lowest BCUT2D eigenvalue weighted by Crippen LogP contribution is -2.31. The molecule has 14 heavy (non-hydrogen) atoms. The van der Waals surface area contributed by atoms with Crippen LogP contribution in [-0.2, 0) is 5.60 Å². The maximum Gasteiger partial charge on any atom is 0.133 e. The Morgan fingerprint density at radius 1 is 1.57 bits per heavy atom. The minimum absolute atomic E-state index is 0.178. The molecule has 4 heteroatoms. The Morgan fingerprint density at radius 2 is 2.21 bits per heavy atom. The molecule has 0 saturated carbocycles. The first-order chi connectivity index (χ1) is 6.51. The molecule has 1 rings (SSSR count). The summed E-state index contributed by atoms with van der Waals surface area (Å²) in [4.78, 5) is 0. The maximum absolute atomic E-state index is 9.91. The van der Waals surface area contributed by atoms with Crippen LogP contribution in [0, 0.1) is 0 Å². The molecule has 3 N–H and O–H groups in total. The summed E-state index contributed by atoms with van der Waals surface area (Å²) in [6.45, 7) is 1.85. The molecule has 0 saturated heterocycles. The zero-order valence-electron chi connectivity index (χ0n) is 8.25. The molecule has 1 atom stereocenters. The molecule has 3 nitrogen and oxygen atoms in total. The van der Waals surface area contributed by atoms with Crippen molar-refractivity contribution in [3.8, 4) is 5.75 Å². The van der Waals surface area contributed by atoms with Gasteiger partial charge in [0.05, 0.1) is 17.2 Å². The normalized spacial score (nSPS) is 14.9. The molecule has 0 spiro atoms. The smallest absolute Gasteiger partial charge is 0.133 e. The summed E-state index contributed by atoms with van der Waals surface area (Å²) in [6, 6.07) is 5.43. The second kappa shape index (κ2) is 4.29. The number of aliphatic hydroxyl groups is 1. The Labute approximate surface area is 92.0 Å². The Bertz CT molecular complexity index is 326. The molecule has 0 amide bonds. The van der Waals surface area contributed by atoms with Crippen molar-refractivity contribution in [2.24, 2.45) is 5.73 Å². The van der Waals surface area contributed by atoms with Crippen molar-refractivity contribution in [2.45, 2.75) is 12.5 Å². The molecule has 0 heterocycles. The summed E-state index contributed by atoms with van der Waals surface area (Å²) in [7, 11) is 1.58. The lowest BCUT2D eigenvalue weighted by atomic mass is 9.96. The fourth-order valence-electron chi connectivity index (χ4n) is 1.11. The number of hydrogen-bond acceptors (Lipinski definition) is 3. The summed E-state index contributed by atoms with van der Waals surface area (Å²) >= 11 is 3.34. The summed E-state index contributed by atoms with van der Waals surface area (Å²) in [5, 5.41) is 9.91. The van der Waals surface area contributed by atoms with Crippen molar-refractivity contribution < 1.29 is 9.84 Å². The molecule has 0 aliphatic carbocycles. The van der Waals surface area contributed by atoms with Gasteiger partial charge >= 0.3 is 0 Å². The molecule has 1 aromatic rings. The average molecular weight is 260 g/mol. The minimum Gasteiger partial charge on any atom is -0.496 e. The van der Waals surface area contributed by atoms with Gasteiger partial charge in [0, 0.05) is 6.54 Å². The summed E-state index contributed by atoms with van der Waals surface area (Å²) in [5.74, 6) is 0.691. The van der Waals surface area contributed by atoms with Crippen molar-refractivity contribution in [3.63, 3.8) is 0 Å². The van der Waals surface area contributed by atoms with Crippen LogP contribution < -0.4 is 10.5 Å². The molecule has 0 radical (unpaired) electrons. The highest BCUT2D eigenvalue weighted by Crippen LogP contribution is 2.30. The van der Waals surface area contributed by atoms with Gasteiger partial charge in [-0.15, -0.1) is 0 Å². The molecule has 1 unspecified atom stereocenters. The first kappa shape index (κ1) is 11.5. The fraction of sp³-hybridized carbons (Fsp3) is 0.400. The molecule has 78 valence electrons. The molecule has 0 aromatic heterocycles. The van der Waals surface area contributed by atoms with Crippen LogP contribution in [0.15, 0.2) is 22.7 Å². The first-order valence-electron chi connectivity index (χ1n) is 4.27. The van der Waals surface area contributed by atoms with E-state index in [1.165, 1.54) is 0 Å². The van der Waals surface area contributed by atoms with E-state index in [0.717, 1.165) is 10.0 Å². The second-order valence-corrected chi connectivity index (χ2v) is 4.18. The van der Waals surface area contributed by atoms with Crippen molar-refractivity contribution in [1.29, 1.82) is 0 Å². The standard InChI is InChI=1S/C10H14BrNO2/c1-10(13,6-12)7-3-4-8(11)9(5-7)14-2/h3-5,13H,6,12H2,1-2H3. The zero-order chi connectivity index (χ0) is 10.8. The van der Waals surface area contributed by atoms with Gasteiger partial charge in [0.2, 0.25) is 0 Å².